The smallest absolute Gasteiger partial charge is 0.266 e. The van der Waals surface area contributed by atoms with E-state index in [0.717, 1.165) is 22.6 Å². The first kappa shape index (κ1) is 31.1. The summed E-state index contributed by atoms with van der Waals surface area (Å²) in [5.74, 6) is 2.49. The van der Waals surface area contributed by atoms with Crippen molar-refractivity contribution in [3.8, 4) is 11.5 Å². The number of benzene rings is 3. The van der Waals surface area contributed by atoms with E-state index in [1.165, 1.54) is 12.1 Å². The standard InChI is InChI=1S/C32H36FN3O5S/c1-3-16-32(31(38)36-34-17-20-42-22-23-8-12-26(33)13-9-23)29(25-6-4-7-28(21-25)39-2)41-30(35-32)24-10-14-27(15-11-24)40-19-5-18-37/h3-4,6-15,21,29,34,37H,1,5,16-20,22H2,2H3,(H,36,38)/t29-,32-/m0/s1. The number of ether oxygens (including phenoxy) is 3. The maximum atomic E-state index is 13.8. The number of carbonyl (C=O) groups excluding carboxylic acids is 1. The summed E-state index contributed by atoms with van der Waals surface area (Å²) >= 11 is 1.67. The van der Waals surface area contributed by atoms with Gasteiger partial charge in [0, 0.05) is 43.1 Å². The lowest BCUT2D eigenvalue weighted by atomic mass is 9.84. The second-order valence-electron chi connectivity index (χ2n) is 9.62. The number of rotatable bonds is 16. The molecule has 0 aromatic heterocycles. The number of aliphatic imine (C=N–C) groups is 1. The fourth-order valence-electron chi connectivity index (χ4n) is 4.48. The monoisotopic (exact) mass is 593 g/mol. The van der Waals surface area contributed by atoms with Crippen LogP contribution in [0.4, 0.5) is 4.39 Å². The highest BCUT2D eigenvalue weighted by Gasteiger charge is 2.52. The Bertz CT molecular complexity index is 1350. The van der Waals surface area contributed by atoms with Crippen molar-refractivity contribution in [2.75, 3.05) is 32.6 Å². The van der Waals surface area contributed by atoms with Gasteiger partial charge in [0.05, 0.1) is 13.7 Å². The first-order valence-corrected chi connectivity index (χ1v) is 14.9. The maximum absolute atomic E-state index is 13.8. The summed E-state index contributed by atoms with van der Waals surface area (Å²) in [4.78, 5) is 18.7. The molecule has 3 aromatic rings. The molecule has 4 rings (SSSR count). The summed E-state index contributed by atoms with van der Waals surface area (Å²) in [6, 6.07) is 21.1. The Morgan fingerprint density at radius 2 is 1.95 bits per heavy atom. The molecule has 0 saturated heterocycles. The number of hydrogen-bond donors (Lipinski definition) is 3. The Balaban J connectivity index is 1.49. The molecule has 8 nitrogen and oxygen atoms in total. The molecule has 222 valence electrons. The van der Waals surface area contributed by atoms with Gasteiger partial charge in [0.2, 0.25) is 5.90 Å². The molecule has 1 heterocycles. The average Bonchev–Trinajstić information content (AvgIpc) is 3.41. The quantitative estimate of drug-likeness (QED) is 0.122. The van der Waals surface area contributed by atoms with Gasteiger partial charge in [-0.05, 0) is 59.7 Å². The van der Waals surface area contributed by atoms with Crippen LogP contribution in [-0.4, -0.2) is 55.1 Å². The number of nitrogens with zero attached hydrogens (tertiary/aromatic N) is 1. The van der Waals surface area contributed by atoms with Crippen LogP contribution in [0.15, 0.2) is 90.4 Å². The van der Waals surface area contributed by atoms with Crippen molar-refractivity contribution in [1.29, 1.82) is 0 Å². The lowest BCUT2D eigenvalue weighted by Gasteiger charge is -2.29. The van der Waals surface area contributed by atoms with Crippen LogP contribution >= 0.6 is 11.8 Å². The second-order valence-corrected chi connectivity index (χ2v) is 10.7. The minimum absolute atomic E-state index is 0.0610. The molecular formula is C32H36FN3O5S. The Hall–Kier alpha value is -3.86. The number of carbonyl (C=O) groups is 1. The minimum Gasteiger partial charge on any atom is -0.497 e. The van der Waals surface area contributed by atoms with Gasteiger partial charge < -0.3 is 19.3 Å². The molecule has 3 aromatic carbocycles. The molecule has 0 spiro atoms. The van der Waals surface area contributed by atoms with Crippen molar-refractivity contribution in [3.63, 3.8) is 0 Å². The van der Waals surface area contributed by atoms with Crippen molar-refractivity contribution in [2.45, 2.75) is 30.2 Å². The lowest BCUT2D eigenvalue weighted by molar-refractivity contribution is -0.129. The molecule has 3 N–H and O–H groups in total. The summed E-state index contributed by atoms with van der Waals surface area (Å²) in [7, 11) is 1.59. The average molecular weight is 594 g/mol. The Morgan fingerprint density at radius 3 is 2.67 bits per heavy atom. The molecule has 0 bridgehead atoms. The fraction of sp³-hybridized carbons (Fsp3) is 0.312. The van der Waals surface area contributed by atoms with E-state index in [1.807, 2.05) is 36.4 Å². The van der Waals surface area contributed by atoms with Crippen LogP contribution in [0.3, 0.4) is 0 Å². The zero-order chi connectivity index (χ0) is 29.8. The molecule has 1 aliphatic heterocycles. The van der Waals surface area contributed by atoms with E-state index in [1.54, 1.807) is 49.2 Å². The molecular weight excluding hydrogens is 557 g/mol. The molecule has 0 saturated carbocycles. The number of halogens is 1. The number of nitrogens with one attached hydrogen (secondary N) is 2. The van der Waals surface area contributed by atoms with Gasteiger partial charge in [-0.3, -0.25) is 10.2 Å². The van der Waals surface area contributed by atoms with Crippen LogP contribution in [0, 0.1) is 5.82 Å². The van der Waals surface area contributed by atoms with Gasteiger partial charge in [-0.15, -0.1) is 6.58 Å². The van der Waals surface area contributed by atoms with Crippen LogP contribution in [0.25, 0.3) is 0 Å². The zero-order valence-electron chi connectivity index (χ0n) is 23.6. The van der Waals surface area contributed by atoms with E-state index in [2.05, 4.69) is 17.4 Å². The van der Waals surface area contributed by atoms with Gasteiger partial charge in [-0.25, -0.2) is 14.8 Å². The summed E-state index contributed by atoms with van der Waals surface area (Å²) in [6.07, 6.45) is 1.70. The molecule has 1 aliphatic rings. The second kappa shape index (κ2) is 15.4. The highest BCUT2D eigenvalue weighted by atomic mass is 32.2. The number of hydrogen-bond acceptors (Lipinski definition) is 8. The Labute approximate surface area is 250 Å². The first-order chi connectivity index (χ1) is 20.5. The molecule has 0 unspecified atom stereocenters. The number of hydrazine groups is 1. The third-order valence-corrected chi connectivity index (χ3v) is 7.67. The van der Waals surface area contributed by atoms with Crippen molar-refractivity contribution in [3.05, 3.63) is 108 Å². The predicted molar refractivity (Wildman–Crippen MR) is 163 cm³/mol. The van der Waals surface area contributed by atoms with E-state index >= 15 is 0 Å². The van der Waals surface area contributed by atoms with Crippen LogP contribution in [0.2, 0.25) is 0 Å². The zero-order valence-corrected chi connectivity index (χ0v) is 24.4. The minimum atomic E-state index is -1.33. The Morgan fingerprint density at radius 1 is 1.17 bits per heavy atom. The van der Waals surface area contributed by atoms with E-state index < -0.39 is 11.6 Å². The van der Waals surface area contributed by atoms with Crippen molar-refractivity contribution in [2.24, 2.45) is 4.99 Å². The molecule has 2 atom stereocenters. The molecule has 42 heavy (non-hydrogen) atoms. The van der Waals surface area contributed by atoms with Crippen molar-refractivity contribution in [1.82, 2.24) is 10.9 Å². The molecule has 0 fully saturated rings. The molecule has 1 amide bonds. The third-order valence-electron chi connectivity index (χ3n) is 6.64. The van der Waals surface area contributed by atoms with Crippen LogP contribution in [0.5, 0.6) is 11.5 Å². The SMILES string of the molecule is C=CC[C@]1(C(=O)NNCCSCc2ccc(F)cc2)N=C(c2ccc(OCCCO)cc2)O[C@H]1c1cccc(OC)c1. The van der Waals surface area contributed by atoms with Gasteiger partial charge in [-0.1, -0.05) is 30.3 Å². The summed E-state index contributed by atoms with van der Waals surface area (Å²) in [5.41, 5.74) is 7.00. The number of methoxy groups -OCH3 is 1. The number of aliphatic hydroxyl groups excluding tert-OH is 1. The predicted octanol–water partition coefficient (Wildman–Crippen LogP) is 4.98. The van der Waals surface area contributed by atoms with Crippen molar-refractivity contribution < 1.29 is 28.5 Å². The highest BCUT2D eigenvalue weighted by Crippen LogP contribution is 2.43. The van der Waals surface area contributed by atoms with Crippen LogP contribution in [0.1, 0.15) is 35.6 Å². The lowest BCUT2D eigenvalue weighted by Crippen LogP contribution is -2.52. The topological polar surface area (TPSA) is 101 Å². The number of amides is 1. The van der Waals surface area contributed by atoms with Crippen molar-refractivity contribution >= 4 is 23.6 Å². The molecule has 10 heteroatoms. The molecule has 0 aliphatic carbocycles. The van der Waals surface area contributed by atoms with Crippen LogP contribution in [-0.2, 0) is 15.3 Å². The maximum Gasteiger partial charge on any atom is 0.266 e. The highest BCUT2D eigenvalue weighted by molar-refractivity contribution is 7.98. The Kier molecular flexibility index (Phi) is 11.4. The van der Waals surface area contributed by atoms with E-state index in [4.69, 9.17) is 24.3 Å². The van der Waals surface area contributed by atoms with E-state index in [-0.39, 0.29) is 24.8 Å². The summed E-state index contributed by atoms with van der Waals surface area (Å²) in [6.45, 7) is 4.89. The summed E-state index contributed by atoms with van der Waals surface area (Å²) in [5, 5.41) is 8.99. The number of aliphatic hydroxyl groups is 1. The van der Waals surface area contributed by atoms with E-state index in [9.17, 15) is 9.18 Å². The summed E-state index contributed by atoms with van der Waals surface area (Å²) < 4.78 is 30.6. The third kappa shape index (κ3) is 7.90. The number of thioether (sulfide) groups is 1. The largest absolute Gasteiger partial charge is 0.497 e. The van der Waals surface area contributed by atoms with Gasteiger partial charge in [0.1, 0.15) is 17.3 Å². The first-order valence-electron chi connectivity index (χ1n) is 13.7. The normalized spacial score (nSPS) is 17.7. The fourth-order valence-corrected chi connectivity index (χ4v) is 5.30. The van der Waals surface area contributed by atoms with Crippen LogP contribution < -0.4 is 20.3 Å². The van der Waals surface area contributed by atoms with E-state index in [0.29, 0.717) is 42.5 Å². The van der Waals surface area contributed by atoms with Gasteiger partial charge in [0.15, 0.2) is 11.6 Å². The van der Waals surface area contributed by atoms with Gasteiger partial charge in [-0.2, -0.15) is 11.8 Å². The van der Waals surface area contributed by atoms with Gasteiger partial charge >= 0.3 is 0 Å². The van der Waals surface area contributed by atoms with Gasteiger partial charge in [0.25, 0.3) is 5.91 Å². The molecule has 0 radical (unpaired) electrons.